The molecule has 1 unspecified atom stereocenters. The molecule has 0 bridgehead atoms. The number of piperazine rings is 1. The van der Waals surface area contributed by atoms with Crippen molar-refractivity contribution in [2.45, 2.75) is 76.9 Å². The molecular weight excluding hydrogens is 388 g/mol. The predicted molar refractivity (Wildman–Crippen MR) is 124 cm³/mol. The average molecular weight is 427 g/mol. The molecule has 1 atom stereocenters. The van der Waals surface area contributed by atoms with Crippen LogP contribution < -0.4 is 0 Å². The molecule has 1 heterocycles. The molecule has 1 aromatic rings. The number of nitrogens with zero attached hydrogens (tertiary/aromatic N) is 2. The monoisotopic (exact) mass is 426 g/mol. The van der Waals surface area contributed by atoms with E-state index >= 15 is 0 Å². The molecule has 0 aromatic heterocycles. The van der Waals surface area contributed by atoms with E-state index in [2.05, 4.69) is 34.9 Å². The number of ether oxygens (including phenoxy) is 1. The number of hydrogen-bond acceptors (Lipinski definition) is 4. The van der Waals surface area contributed by atoms with Crippen molar-refractivity contribution in [1.82, 2.24) is 9.80 Å². The first kappa shape index (κ1) is 23.6. The number of aliphatic hydroxyl groups is 1. The van der Waals surface area contributed by atoms with Gasteiger partial charge in [-0.3, -0.25) is 4.90 Å². The minimum atomic E-state index is -0.682. The smallest absolute Gasteiger partial charge is 0.410 e. The third kappa shape index (κ3) is 6.48. The summed E-state index contributed by atoms with van der Waals surface area (Å²) in [4.78, 5) is 16.6. The van der Waals surface area contributed by atoms with Crippen LogP contribution >= 0.6 is 0 Å². The van der Waals surface area contributed by atoms with Crippen LogP contribution in [-0.2, 0) is 4.74 Å². The standard InChI is InChI=1S/C26H38N2O3/c1-5-10-21-11-9-12-22(19-21)23(26(30)13-7-6-8-14-26)20-27-15-17-28(18-16-27)24(29)31-25(2,3)4/h9,11-12,19,23,30H,6-8,13-18,20H2,1-4H3. The number of carbonyl (C=O) groups excluding carboxylic acids is 1. The fraction of sp³-hybridized carbons (Fsp3) is 0.654. The zero-order valence-electron chi connectivity index (χ0n) is 19.6. The molecule has 170 valence electrons. The zero-order chi connectivity index (χ0) is 22.5. The molecule has 2 fully saturated rings. The molecular formula is C26H38N2O3. The second-order valence-corrected chi connectivity index (χ2v) is 9.99. The lowest BCUT2D eigenvalue weighted by Gasteiger charge is -2.43. The van der Waals surface area contributed by atoms with Gasteiger partial charge in [0.25, 0.3) is 0 Å². The van der Waals surface area contributed by atoms with Gasteiger partial charge >= 0.3 is 6.09 Å². The molecule has 5 heteroatoms. The summed E-state index contributed by atoms with van der Waals surface area (Å²) in [5, 5.41) is 11.7. The van der Waals surface area contributed by atoms with Crippen LogP contribution in [0.2, 0.25) is 0 Å². The Morgan fingerprint density at radius 3 is 2.45 bits per heavy atom. The SMILES string of the molecule is CC#Cc1cccc(C(CN2CCN(C(=O)OC(C)(C)C)CC2)C2(O)CCCCC2)c1. The summed E-state index contributed by atoms with van der Waals surface area (Å²) < 4.78 is 5.53. The normalized spacial score (nSPS) is 20.5. The maximum atomic E-state index is 12.4. The van der Waals surface area contributed by atoms with Crippen LogP contribution in [0.4, 0.5) is 4.79 Å². The maximum Gasteiger partial charge on any atom is 0.410 e. The Labute approximate surface area is 187 Å². The van der Waals surface area contributed by atoms with E-state index in [-0.39, 0.29) is 12.0 Å². The molecule has 2 aliphatic rings. The van der Waals surface area contributed by atoms with E-state index in [4.69, 9.17) is 4.74 Å². The second kappa shape index (κ2) is 10.1. The molecule has 1 aliphatic heterocycles. The van der Waals surface area contributed by atoms with Crippen molar-refractivity contribution in [2.24, 2.45) is 0 Å². The lowest BCUT2D eigenvalue weighted by Crippen LogP contribution is -2.52. The van der Waals surface area contributed by atoms with Gasteiger partial charge in [0.1, 0.15) is 5.60 Å². The lowest BCUT2D eigenvalue weighted by atomic mass is 9.72. The van der Waals surface area contributed by atoms with Crippen molar-refractivity contribution in [3.05, 3.63) is 35.4 Å². The van der Waals surface area contributed by atoms with Crippen LogP contribution in [0.15, 0.2) is 24.3 Å². The van der Waals surface area contributed by atoms with Crippen LogP contribution in [-0.4, -0.2) is 64.9 Å². The number of hydrogen-bond donors (Lipinski definition) is 1. The maximum absolute atomic E-state index is 12.4. The molecule has 5 nitrogen and oxygen atoms in total. The van der Waals surface area contributed by atoms with Crippen LogP contribution in [0.5, 0.6) is 0 Å². The van der Waals surface area contributed by atoms with E-state index in [1.54, 1.807) is 4.90 Å². The molecule has 1 aliphatic carbocycles. The quantitative estimate of drug-likeness (QED) is 0.726. The highest BCUT2D eigenvalue weighted by atomic mass is 16.6. The Morgan fingerprint density at radius 1 is 1.16 bits per heavy atom. The summed E-state index contributed by atoms with van der Waals surface area (Å²) in [7, 11) is 0. The molecule has 1 saturated heterocycles. The van der Waals surface area contributed by atoms with Crippen molar-refractivity contribution in [1.29, 1.82) is 0 Å². The van der Waals surface area contributed by atoms with Crippen molar-refractivity contribution in [2.75, 3.05) is 32.7 Å². The van der Waals surface area contributed by atoms with Crippen LogP contribution in [0, 0.1) is 11.8 Å². The number of amides is 1. The largest absolute Gasteiger partial charge is 0.444 e. The van der Waals surface area contributed by atoms with Gasteiger partial charge in [0.15, 0.2) is 0 Å². The van der Waals surface area contributed by atoms with Crippen LogP contribution in [0.25, 0.3) is 0 Å². The van der Waals surface area contributed by atoms with E-state index in [0.29, 0.717) is 13.1 Å². The van der Waals surface area contributed by atoms with Gasteiger partial charge in [-0.15, -0.1) is 5.92 Å². The van der Waals surface area contributed by atoms with Crippen molar-refractivity contribution >= 4 is 6.09 Å². The third-order valence-corrected chi connectivity index (χ3v) is 6.39. The molecule has 0 radical (unpaired) electrons. The van der Waals surface area contributed by atoms with Gasteiger partial charge in [0, 0.05) is 44.2 Å². The molecule has 31 heavy (non-hydrogen) atoms. The van der Waals surface area contributed by atoms with Crippen molar-refractivity contribution < 1.29 is 14.6 Å². The Hall–Kier alpha value is -2.03. The van der Waals surface area contributed by atoms with Crippen LogP contribution in [0.3, 0.4) is 0 Å². The fourth-order valence-corrected chi connectivity index (χ4v) is 4.77. The lowest BCUT2D eigenvalue weighted by molar-refractivity contribution is -0.0357. The van der Waals surface area contributed by atoms with Gasteiger partial charge in [0.2, 0.25) is 0 Å². The highest BCUT2D eigenvalue weighted by Crippen LogP contribution is 2.40. The first-order valence-corrected chi connectivity index (χ1v) is 11.7. The van der Waals surface area contributed by atoms with Crippen molar-refractivity contribution in [3.8, 4) is 11.8 Å². The topological polar surface area (TPSA) is 53.0 Å². The van der Waals surface area contributed by atoms with E-state index < -0.39 is 11.2 Å². The zero-order valence-corrected chi connectivity index (χ0v) is 19.6. The fourth-order valence-electron chi connectivity index (χ4n) is 4.77. The molecule has 3 rings (SSSR count). The Balaban J connectivity index is 1.72. The third-order valence-electron chi connectivity index (χ3n) is 6.39. The van der Waals surface area contributed by atoms with E-state index in [1.165, 1.54) is 12.0 Å². The summed E-state index contributed by atoms with van der Waals surface area (Å²) >= 11 is 0. The summed E-state index contributed by atoms with van der Waals surface area (Å²) in [5.74, 6) is 6.18. The first-order chi connectivity index (χ1) is 14.7. The molecule has 1 N–H and O–H groups in total. The summed E-state index contributed by atoms with van der Waals surface area (Å²) in [5.41, 5.74) is 1.01. The number of rotatable bonds is 4. The van der Waals surface area contributed by atoms with Gasteiger partial charge in [-0.05, 0) is 58.2 Å². The van der Waals surface area contributed by atoms with Gasteiger partial charge in [-0.25, -0.2) is 4.79 Å². The highest BCUT2D eigenvalue weighted by Gasteiger charge is 2.40. The number of benzene rings is 1. The Kier molecular flexibility index (Phi) is 7.67. The highest BCUT2D eigenvalue weighted by molar-refractivity contribution is 5.68. The summed E-state index contributed by atoms with van der Waals surface area (Å²) in [6.07, 6.45) is 4.81. The van der Waals surface area contributed by atoms with Gasteiger partial charge in [-0.1, -0.05) is 37.3 Å². The Bertz CT molecular complexity index is 804. The van der Waals surface area contributed by atoms with Gasteiger partial charge < -0.3 is 14.7 Å². The van der Waals surface area contributed by atoms with Crippen LogP contribution in [0.1, 0.15) is 76.8 Å². The molecule has 1 aromatic carbocycles. The summed E-state index contributed by atoms with van der Waals surface area (Å²) in [6.45, 7) is 11.2. The van der Waals surface area contributed by atoms with E-state index in [9.17, 15) is 9.90 Å². The van der Waals surface area contributed by atoms with Crippen molar-refractivity contribution in [3.63, 3.8) is 0 Å². The Morgan fingerprint density at radius 2 is 1.84 bits per heavy atom. The average Bonchev–Trinajstić information content (AvgIpc) is 2.72. The number of carbonyl (C=O) groups is 1. The molecule has 1 amide bonds. The second-order valence-electron chi connectivity index (χ2n) is 9.99. The predicted octanol–water partition coefficient (Wildman–Crippen LogP) is 4.39. The molecule has 0 spiro atoms. The van der Waals surface area contributed by atoms with E-state index in [0.717, 1.165) is 50.9 Å². The minimum absolute atomic E-state index is 0.0412. The van der Waals surface area contributed by atoms with Gasteiger partial charge in [0.05, 0.1) is 5.60 Å². The summed E-state index contributed by atoms with van der Waals surface area (Å²) in [6, 6.07) is 8.36. The van der Waals surface area contributed by atoms with E-state index in [1.807, 2.05) is 33.8 Å². The minimum Gasteiger partial charge on any atom is -0.444 e. The molecule has 1 saturated carbocycles. The van der Waals surface area contributed by atoms with Gasteiger partial charge in [-0.2, -0.15) is 0 Å². The first-order valence-electron chi connectivity index (χ1n) is 11.7.